The van der Waals surface area contributed by atoms with Gasteiger partial charge in [-0.05, 0) is 0 Å². The molecule has 0 nitrogen and oxygen atoms in total. The first-order valence-corrected chi connectivity index (χ1v) is 14.7. The Kier molecular flexibility index (Phi) is 2.94. The van der Waals surface area contributed by atoms with Crippen LogP contribution in [0.25, 0.3) is 11.1 Å². The van der Waals surface area contributed by atoms with Gasteiger partial charge in [-0.1, -0.05) is 0 Å². The van der Waals surface area contributed by atoms with Gasteiger partial charge in [0.25, 0.3) is 0 Å². The molecule has 17 heavy (non-hydrogen) atoms. The van der Waals surface area contributed by atoms with Crippen LogP contribution >= 0.6 is 30.0 Å². The summed E-state index contributed by atoms with van der Waals surface area (Å²) < 4.78 is 0.976. The third-order valence-electron chi connectivity index (χ3n) is 3.16. The molecule has 0 amide bonds. The maximum absolute atomic E-state index is 6.20. The Morgan fingerprint density at radius 3 is 2.29 bits per heavy atom. The van der Waals surface area contributed by atoms with Gasteiger partial charge in [0.05, 0.1) is 0 Å². The van der Waals surface area contributed by atoms with Gasteiger partial charge in [-0.2, -0.15) is 0 Å². The summed E-state index contributed by atoms with van der Waals surface area (Å²) >= 11 is 0. The van der Waals surface area contributed by atoms with Crippen LogP contribution in [0.5, 0.6) is 0 Å². The second-order valence-corrected chi connectivity index (χ2v) is 19.2. The molecule has 0 spiro atoms. The van der Waals surface area contributed by atoms with Crippen molar-refractivity contribution >= 4 is 44.9 Å². The zero-order chi connectivity index (χ0) is 12.0. The fraction of sp³-hybridized carbons (Fsp3) is 0.0769. The zero-order valence-electron chi connectivity index (χ0n) is 8.88. The molecule has 0 fully saturated rings. The summed E-state index contributed by atoms with van der Waals surface area (Å²) in [6.07, 6.45) is 0.890. The second kappa shape index (κ2) is 4.20. The molecular weight excluding hydrogens is 335 g/mol. The summed E-state index contributed by atoms with van der Waals surface area (Å²) in [6, 6.07) is 14.5. The second-order valence-electron chi connectivity index (χ2n) is 4.16. The third kappa shape index (κ3) is 2.02. The molecule has 0 saturated carbocycles. The van der Waals surface area contributed by atoms with Crippen molar-refractivity contribution in [2.24, 2.45) is 0 Å². The molecule has 2 aromatic carbocycles. The molecule has 4 heteroatoms. The van der Waals surface area contributed by atoms with Crippen molar-refractivity contribution in [3.05, 3.63) is 53.6 Å². The van der Waals surface area contributed by atoms with Gasteiger partial charge in [0.15, 0.2) is 0 Å². The van der Waals surface area contributed by atoms with E-state index in [2.05, 4.69) is 30.3 Å². The minimum atomic E-state index is -3.32. The number of halogens is 3. The first kappa shape index (κ1) is 11.9. The van der Waals surface area contributed by atoms with E-state index in [0.29, 0.717) is 0 Å². The van der Waals surface area contributed by atoms with Crippen LogP contribution in [-0.4, -0.2) is 10.5 Å². The fourth-order valence-corrected chi connectivity index (χ4v) is 6.97. The topological polar surface area (TPSA) is 0 Å². The summed E-state index contributed by atoms with van der Waals surface area (Å²) in [5, 5.41) is 0. The van der Waals surface area contributed by atoms with Crippen LogP contribution in [-0.2, 0) is 6.42 Å². The number of hydrogen-bond donors (Lipinski definition) is 0. The van der Waals surface area contributed by atoms with E-state index >= 15 is 0 Å². The Bertz CT molecular complexity index is 587. The summed E-state index contributed by atoms with van der Waals surface area (Å²) in [5.41, 5.74) is 5.05. The molecule has 1 aliphatic carbocycles. The monoisotopic (exact) mass is 344 g/mol. The first-order chi connectivity index (χ1) is 8.07. The van der Waals surface area contributed by atoms with Crippen LogP contribution < -0.4 is 4.40 Å². The Hall–Kier alpha value is -0.147. The van der Waals surface area contributed by atoms with Gasteiger partial charge in [-0.15, -0.1) is 0 Å². The predicted molar refractivity (Wildman–Crippen MR) is 77.6 cm³/mol. The molecule has 0 radical (unpaired) electrons. The van der Waals surface area contributed by atoms with Crippen molar-refractivity contribution in [3.8, 4) is 11.1 Å². The maximum atomic E-state index is 6.20. The Balaban J connectivity index is 2.24. The van der Waals surface area contributed by atoms with E-state index < -0.39 is 10.5 Å². The summed E-state index contributed by atoms with van der Waals surface area (Å²) in [5.74, 6) is 0. The van der Waals surface area contributed by atoms with Gasteiger partial charge in [0, 0.05) is 0 Å². The van der Waals surface area contributed by atoms with Gasteiger partial charge in [0.1, 0.15) is 0 Å². The average Bonchev–Trinajstić information content (AvgIpc) is 2.65. The number of benzene rings is 2. The molecule has 0 saturated heterocycles. The Morgan fingerprint density at radius 1 is 0.824 bits per heavy atom. The predicted octanol–water partition coefficient (Wildman–Crippen LogP) is 4.12. The quantitative estimate of drug-likeness (QED) is 0.583. The normalized spacial score (nSPS) is 13.4. The first-order valence-electron chi connectivity index (χ1n) is 5.35. The molecule has 3 rings (SSSR count). The van der Waals surface area contributed by atoms with Gasteiger partial charge in [0.2, 0.25) is 0 Å². The van der Waals surface area contributed by atoms with E-state index in [9.17, 15) is 0 Å². The Morgan fingerprint density at radius 2 is 1.53 bits per heavy atom. The molecule has 2 aromatic rings. The third-order valence-corrected chi connectivity index (χ3v) is 8.59. The zero-order valence-corrected chi connectivity index (χ0v) is 13.2. The van der Waals surface area contributed by atoms with Gasteiger partial charge >= 0.3 is 116 Å². The van der Waals surface area contributed by atoms with Crippen LogP contribution in [0.2, 0.25) is 0 Å². The Labute approximate surface area is 115 Å². The van der Waals surface area contributed by atoms with Gasteiger partial charge < -0.3 is 0 Å². The molecule has 0 unspecified atom stereocenters. The van der Waals surface area contributed by atoms with E-state index in [0.717, 1.165) is 10.8 Å². The van der Waals surface area contributed by atoms with E-state index in [1.54, 1.807) is 0 Å². The van der Waals surface area contributed by atoms with E-state index in [4.69, 9.17) is 30.0 Å². The molecule has 0 aliphatic heterocycles. The average molecular weight is 344 g/mol. The molecular formula is C13H9Cl3Ge. The number of rotatable bonds is 1. The van der Waals surface area contributed by atoms with Crippen LogP contribution in [0.1, 0.15) is 11.1 Å². The van der Waals surface area contributed by atoms with Crippen molar-refractivity contribution in [1.29, 1.82) is 0 Å². The van der Waals surface area contributed by atoms with Gasteiger partial charge in [-0.3, -0.25) is 0 Å². The number of fused-ring (bicyclic) bond motifs is 3. The molecule has 0 atom stereocenters. The molecule has 1 aliphatic rings. The van der Waals surface area contributed by atoms with Crippen molar-refractivity contribution in [2.45, 2.75) is 6.42 Å². The van der Waals surface area contributed by atoms with Crippen molar-refractivity contribution in [2.75, 3.05) is 0 Å². The standard InChI is InChI=1S/C13H9Cl3Ge/c14-17(15,16)13-7-3-6-11-10-5-2-1-4-9(10)8-12(11)13/h1-7H,8H2. The van der Waals surface area contributed by atoms with Crippen LogP contribution in [0.15, 0.2) is 42.5 Å². The van der Waals surface area contributed by atoms with Crippen molar-refractivity contribution in [1.82, 2.24) is 0 Å². The molecule has 0 N–H and O–H groups in total. The van der Waals surface area contributed by atoms with E-state index in [1.165, 1.54) is 22.3 Å². The molecule has 0 bridgehead atoms. The summed E-state index contributed by atoms with van der Waals surface area (Å²) in [4.78, 5) is 0. The van der Waals surface area contributed by atoms with E-state index in [-0.39, 0.29) is 0 Å². The molecule has 0 aromatic heterocycles. The summed E-state index contributed by atoms with van der Waals surface area (Å²) in [6.45, 7) is 0. The van der Waals surface area contributed by atoms with Crippen LogP contribution in [0, 0.1) is 0 Å². The molecule has 0 heterocycles. The minimum absolute atomic E-state index is 0.890. The van der Waals surface area contributed by atoms with Gasteiger partial charge in [-0.25, -0.2) is 0 Å². The molecule has 86 valence electrons. The van der Waals surface area contributed by atoms with Crippen LogP contribution in [0.3, 0.4) is 0 Å². The fourth-order valence-electron chi connectivity index (χ4n) is 2.42. The number of hydrogen-bond acceptors (Lipinski definition) is 0. The van der Waals surface area contributed by atoms with Crippen molar-refractivity contribution < 1.29 is 0 Å². The SMILES string of the molecule is [Cl][Ge]([Cl])([Cl])[c]1cccc2c1Cc1ccccc1-2. The summed E-state index contributed by atoms with van der Waals surface area (Å²) in [7, 11) is 15.3. The van der Waals surface area contributed by atoms with E-state index in [1.807, 2.05) is 12.1 Å². The van der Waals surface area contributed by atoms with Crippen molar-refractivity contribution in [3.63, 3.8) is 0 Å². The van der Waals surface area contributed by atoms with Crippen LogP contribution in [0.4, 0.5) is 0 Å².